The first-order chi connectivity index (χ1) is 12.6. The molecule has 0 aliphatic carbocycles. The number of amides is 2. The van der Waals surface area contributed by atoms with Crippen LogP contribution in [0.1, 0.15) is 13.3 Å². The van der Waals surface area contributed by atoms with Crippen molar-refractivity contribution in [2.45, 2.75) is 19.4 Å². The predicted molar refractivity (Wildman–Crippen MR) is 96.2 cm³/mol. The van der Waals surface area contributed by atoms with E-state index in [0.29, 0.717) is 5.69 Å². The maximum atomic E-state index is 12.5. The SMILES string of the molecule is C#CCNC(=O)CNC(=O)C1CC(C(=O)OCC)=NN1c1ccccc1. The van der Waals surface area contributed by atoms with E-state index >= 15 is 0 Å². The standard InChI is InChI=1S/C18H20N4O4/c1-3-10-19-16(23)12-20-17(24)15-11-14(18(25)26-4-2)21-22(15)13-8-6-5-7-9-13/h1,5-9,15H,4,10-12H2,2H3,(H,19,23)(H,20,24). The average molecular weight is 356 g/mol. The third-order valence-corrected chi connectivity index (χ3v) is 3.56. The van der Waals surface area contributed by atoms with E-state index in [1.807, 2.05) is 6.07 Å². The number of terminal acetylenes is 1. The first-order valence-electron chi connectivity index (χ1n) is 8.13. The number of ether oxygens (including phenoxy) is 1. The molecule has 8 heteroatoms. The lowest BCUT2D eigenvalue weighted by Crippen LogP contribution is -2.46. The number of anilines is 1. The van der Waals surface area contributed by atoms with Crippen molar-refractivity contribution in [1.29, 1.82) is 0 Å². The van der Waals surface area contributed by atoms with E-state index in [-0.39, 0.29) is 31.8 Å². The molecule has 1 aliphatic heterocycles. The molecule has 1 aliphatic rings. The number of hydrazone groups is 1. The number of hydrogen-bond acceptors (Lipinski definition) is 6. The zero-order valence-electron chi connectivity index (χ0n) is 14.4. The maximum absolute atomic E-state index is 12.5. The van der Waals surface area contributed by atoms with E-state index in [1.165, 1.54) is 5.01 Å². The summed E-state index contributed by atoms with van der Waals surface area (Å²) in [6, 6.07) is 8.23. The monoisotopic (exact) mass is 356 g/mol. The van der Waals surface area contributed by atoms with Crippen LogP contribution in [0.25, 0.3) is 0 Å². The molecule has 2 rings (SSSR count). The minimum atomic E-state index is -0.753. The van der Waals surface area contributed by atoms with Crippen molar-refractivity contribution < 1.29 is 19.1 Å². The van der Waals surface area contributed by atoms with Crippen LogP contribution < -0.4 is 15.6 Å². The number of nitrogens with zero attached hydrogens (tertiary/aromatic N) is 2. The number of benzene rings is 1. The van der Waals surface area contributed by atoms with Gasteiger partial charge in [-0.2, -0.15) is 5.10 Å². The summed E-state index contributed by atoms with van der Waals surface area (Å²) in [6.07, 6.45) is 5.15. The average Bonchev–Trinajstić information content (AvgIpc) is 3.11. The summed E-state index contributed by atoms with van der Waals surface area (Å²) in [5, 5.41) is 10.7. The quantitative estimate of drug-likeness (QED) is 0.531. The summed E-state index contributed by atoms with van der Waals surface area (Å²) in [5.41, 5.74) is 0.816. The van der Waals surface area contributed by atoms with Crippen molar-refractivity contribution in [2.75, 3.05) is 24.7 Å². The number of carbonyl (C=O) groups excluding carboxylic acids is 3. The highest BCUT2D eigenvalue weighted by atomic mass is 16.5. The first-order valence-corrected chi connectivity index (χ1v) is 8.13. The summed E-state index contributed by atoms with van der Waals surface area (Å²) >= 11 is 0. The molecule has 0 saturated heterocycles. The topological polar surface area (TPSA) is 100 Å². The summed E-state index contributed by atoms with van der Waals surface area (Å²) in [6.45, 7) is 1.79. The summed E-state index contributed by atoms with van der Waals surface area (Å²) < 4.78 is 4.97. The van der Waals surface area contributed by atoms with Crippen LogP contribution in [0, 0.1) is 12.3 Å². The van der Waals surface area contributed by atoms with Gasteiger partial charge in [-0.25, -0.2) is 4.79 Å². The molecule has 2 amide bonds. The molecule has 26 heavy (non-hydrogen) atoms. The Hall–Kier alpha value is -3.34. The number of esters is 1. The molecule has 1 aromatic carbocycles. The molecular weight excluding hydrogens is 336 g/mol. The molecule has 0 fully saturated rings. The van der Waals surface area contributed by atoms with Gasteiger partial charge in [0, 0.05) is 6.42 Å². The molecule has 2 N–H and O–H groups in total. The number of para-hydroxylation sites is 1. The first kappa shape index (κ1) is 19.0. The highest BCUT2D eigenvalue weighted by Gasteiger charge is 2.36. The summed E-state index contributed by atoms with van der Waals surface area (Å²) in [5.74, 6) is 0.898. The maximum Gasteiger partial charge on any atom is 0.354 e. The van der Waals surface area contributed by atoms with E-state index in [1.54, 1.807) is 31.2 Å². The number of hydrogen-bond donors (Lipinski definition) is 2. The predicted octanol–water partition coefficient (Wildman–Crippen LogP) is 0.0500. The molecule has 8 nitrogen and oxygen atoms in total. The van der Waals surface area contributed by atoms with Crippen molar-refractivity contribution in [3.8, 4) is 12.3 Å². The summed E-state index contributed by atoms with van der Waals surface area (Å²) in [4.78, 5) is 36.1. The van der Waals surface area contributed by atoms with Crippen LogP contribution in [0.15, 0.2) is 35.4 Å². The van der Waals surface area contributed by atoms with Crippen LogP contribution in [0.3, 0.4) is 0 Å². The van der Waals surface area contributed by atoms with E-state index < -0.39 is 23.8 Å². The van der Waals surface area contributed by atoms with Crippen LogP contribution in [0.5, 0.6) is 0 Å². The third-order valence-electron chi connectivity index (χ3n) is 3.56. The van der Waals surface area contributed by atoms with Crippen LogP contribution in [-0.4, -0.2) is 49.2 Å². The van der Waals surface area contributed by atoms with Gasteiger partial charge in [0.15, 0.2) is 0 Å². The van der Waals surface area contributed by atoms with Gasteiger partial charge in [0.2, 0.25) is 11.8 Å². The van der Waals surface area contributed by atoms with Gasteiger partial charge in [0.1, 0.15) is 11.8 Å². The second-order valence-corrected chi connectivity index (χ2v) is 5.37. The number of carbonyl (C=O) groups is 3. The Balaban J connectivity index is 2.10. The molecule has 1 unspecified atom stereocenters. The van der Waals surface area contributed by atoms with Crippen molar-refractivity contribution in [1.82, 2.24) is 10.6 Å². The molecule has 136 valence electrons. The molecule has 0 saturated carbocycles. The zero-order valence-corrected chi connectivity index (χ0v) is 14.4. The Labute approximate surface area is 151 Å². The van der Waals surface area contributed by atoms with Crippen LogP contribution in [-0.2, 0) is 19.1 Å². The van der Waals surface area contributed by atoms with Gasteiger partial charge in [-0.3, -0.25) is 14.6 Å². The Kier molecular flexibility index (Phi) is 6.74. The van der Waals surface area contributed by atoms with Gasteiger partial charge < -0.3 is 15.4 Å². The van der Waals surface area contributed by atoms with E-state index in [4.69, 9.17) is 11.2 Å². The van der Waals surface area contributed by atoms with Crippen molar-refractivity contribution in [3.05, 3.63) is 30.3 Å². The lowest BCUT2D eigenvalue weighted by atomic mass is 10.1. The second kappa shape index (κ2) is 9.22. The minimum absolute atomic E-state index is 0.0877. The highest BCUT2D eigenvalue weighted by molar-refractivity contribution is 6.38. The Morgan fingerprint density at radius 1 is 1.31 bits per heavy atom. The lowest BCUT2D eigenvalue weighted by Gasteiger charge is -2.22. The molecule has 0 radical (unpaired) electrons. The van der Waals surface area contributed by atoms with Crippen molar-refractivity contribution in [3.63, 3.8) is 0 Å². The minimum Gasteiger partial charge on any atom is -0.461 e. The fourth-order valence-corrected chi connectivity index (χ4v) is 2.37. The third kappa shape index (κ3) is 4.83. The summed E-state index contributed by atoms with van der Waals surface area (Å²) in [7, 11) is 0. The molecule has 0 bridgehead atoms. The normalized spacial score (nSPS) is 15.6. The largest absolute Gasteiger partial charge is 0.461 e. The van der Waals surface area contributed by atoms with Gasteiger partial charge in [-0.05, 0) is 19.1 Å². The van der Waals surface area contributed by atoms with Gasteiger partial charge in [0.25, 0.3) is 0 Å². The molecule has 1 atom stereocenters. The molecule has 1 aromatic rings. The van der Waals surface area contributed by atoms with E-state index in [9.17, 15) is 14.4 Å². The van der Waals surface area contributed by atoms with Gasteiger partial charge in [-0.1, -0.05) is 24.1 Å². The Bertz CT molecular complexity index is 739. The fraction of sp³-hybridized carbons (Fsp3) is 0.333. The Morgan fingerprint density at radius 3 is 2.69 bits per heavy atom. The van der Waals surface area contributed by atoms with E-state index in [2.05, 4.69) is 21.7 Å². The van der Waals surface area contributed by atoms with Crippen molar-refractivity contribution in [2.24, 2.45) is 5.10 Å². The van der Waals surface area contributed by atoms with Gasteiger partial charge in [0.05, 0.1) is 25.4 Å². The fourth-order valence-electron chi connectivity index (χ4n) is 2.37. The Morgan fingerprint density at radius 2 is 2.04 bits per heavy atom. The highest BCUT2D eigenvalue weighted by Crippen LogP contribution is 2.24. The molecular formula is C18H20N4O4. The second-order valence-electron chi connectivity index (χ2n) is 5.37. The molecule has 0 aromatic heterocycles. The van der Waals surface area contributed by atoms with E-state index in [0.717, 1.165) is 0 Å². The van der Waals surface area contributed by atoms with Crippen LogP contribution in [0.2, 0.25) is 0 Å². The molecule has 1 heterocycles. The smallest absolute Gasteiger partial charge is 0.354 e. The van der Waals surface area contributed by atoms with Crippen LogP contribution in [0.4, 0.5) is 5.69 Å². The van der Waals surface area contributed by atoms with Gasteiger partial charge >= 0.3 is 5.97 Å². The lowest BCUT2D eigenvalue weighted by molar-refractivity contribution is -0.135. The number of rotatable bonds is 7. The molecule has 0 spiro atoms. The zero-order chi connectivity index (χ0) is 18.9. The van der Waals surface area contributed by atoms with Crippen LogP contribution >= 0.6 is 0 Å². The van der Waals surface area contributed by atoms with Gasteiger partial charge in [-0.15, -0.1) is 6.42 Å². The van der Waals surface area contributed by atoms with Crippen molar-refractivity contribution >= 4 is 29.2 Å². The number of nitrogens with one attached hydrogen (secondary N) is 2.